The number of hydrogen-bond donors (Lipinski definition) is 1. The molecule has 0 amide bonds. The highest BCUT2D eigenvalue weighted by atomic mass is 16.1. The molecule has 6 N–H and O–H groups in total. The Bertz CT molecular complexity index is 1660. The third-order valence-electron chi connectivity index (χ3n) is 7.34. The number of aliphatic imine (C=N–C) groups is 2. The van der Waals surface area contributed by atoms with Gasteiger partial charge in [0.15, 0.2) is 6.29 Å². The van der Waals surface area contributed by atoms with Crippen molar-refractivity contribution in [3.8, 4) is 0 Å². The van der Waals surface area contributed by atoms with Gasteiger partial charge in [-0.3, -0.25) is 24.6 Å². The van der Waals surface area contributed by atoms with Crippen LogP contribution in [0, 0.1) is 0 Å². The fourth-order valence-corrected chi connectivity index (χ4v) is 4.90. The van der Waals surface area contributed by atoms with Gasteiger partial charge in [-0.05, 0) is 29.7 Å². The summed E-state index contributed by atoms with van der Waals surface area (Å²) in [6, 6.07) is 24.9. The van der Waals surface area contributed by atoms with E-state index in [-0.39, 0.29) is 11.0 Å². The summed E-state index contributed by atoms with van der Waals surface area (Å²) >= 11 is 0. The molecule has 1 atom stereocenters. The molecule has 0 radical (unpaired) electrons. The summed E-state index contributed by atoms with van der Waals surface area (Å²) in [5, 5.41) is 12.8. The van der Waals surface area contributed by atoms with Crippen molar-refractivity contribution in [2.45, 2.75) is 38.6 Å². The van der Waals surface area contributed by atoms with Crippen molar-refractivity contribution in [1.29, 1.82) is 0 Å². The van der Waals surface area contributed by atoms with E-state index < -0.39 is 6.04 Å². The van der Waals surface area contributed by atoms with Crippen LogP contribution in [0.15, 0.2) is 113 Å². The van der Waals surface area contributed by atoms with Gasteiger partial charge in [-0.2, -0.15) is 5.10 Å². The van der Waals surface area contributed by atoms with Crippen LogP contribution in [0.4, 0.5) is 0 Å². The van der Waals surface area contributed by atoms with Gasteiger partial charge in [0.25, 0.3) is 0 Å². The first kappa shape index (κ1) is 40.6. The van der Waals surface area contributed by atoms with Crippen LogP contribution in [0.3, 0.4) is 0 Å². The summed E-state index contributed by atoms with van der Waals surface area (Å²) in [6.45, 7) is 7.90. The summed E-state index contributed by atoms with van der Waals surface area (Å²) < 4.78 is 1.82. The number of benzene rings is 2. The number of aromatic nitrogens is 4. The van der Waals surface area contributed by atoms with E-state index in [4.69, 9.17) is 5.84 Å². The van der Waals surface area contributed by atoms with Crippen LogP contribution >= 0.6 is 0 Å². The van der Waals surface area contributed by atoms with Gasteiger partial charge in [-0.15, -0.1) is 11.7 Å². The second-order valence-electron chi connectivity index (χ2n) is 11.1. The smallest absolute Gasteiger partial charge is 0.168 e. The Labute approximate surface area is 292 Å². The molecule has 2 aromatic heterocycles. The molecule has 4 rings (SSSR count). The van der Waals surface area contributed by atoms with Crippen molar-refractivity contribution in [2.75, 3.05) is 26.2 Å². The minimum atomic E-state index is -0.470. The van der Waals surface area contributed by atoms with Crippen LogP contribution < -0.4 is 5.84 Å². The van der Waals surface area contributed by atoms with Gasteiger partial charge in [-0.1, -0.05) is 78.0 Å². The molecule has 0 aliphatic carbocycles. The molecule has 0 aliphatic rings. The molecule has 2 heterocycles. The van der Waals surface area contributed by atoms with Crippen LogP contribution in [0.5, 0.6) is 0 Å². The molecular weight excluding hydrogens is 636 g/mol. The molecule has 0 aliphatic heterocycles. The molecule has 0 fully saturated rings. The molecule has 2 aromatic carbocycles. The molecule has 0 saturated heterocycles. The van der Waals surface area contributed by atoms with Gasteiger partial charge in [0.1, 0.15) is 18.0 Å². The van der Waals surface area contributed by atoms with E-state index in [9.17, 15) is 9.59 Å². The van der Waals surface area contributed by atoms with Gasteiger partial charge in [0.05, 0.1) is 36.4 Å². The molecule has 14 heteroatoms. The maximum Gasteiger partial charge on any atom is 0.168 e. The van der Waals surface area contributed by atoms with Crippen LogP contribution in [-0.2, 0) is 31.0 Å². The zero-order valence-electron chi connectivity index (χ0n) is 28.0. The topological polar surface area (TPSA) is 210 Å². The Kier molecular flexibility index (Phi) is 18.6. The minimum Gasteiger partial charge on any atom is -0.412 e. The first-order chi connectivity index (χ1) is 23.6. The van der Waals surface area contributed by atoms with Crippen molar-refractivity contribution >= 4 is 30.7 Å². The van der Waals surface area contributed by atoms with E-state index in [1.807, 2.05) is 71.5 Å². The minimum absolute atomic E-state index is 0. The number of hydrogen-bond acceptors (Lipinski definition) is 11. The number of nitrogens with two attached hydrogens (primary N) is 1. The van der Waals surface area contributed by atoms with Gasteiger partial charge < -0.3 is 21.6 Å². The number of hydrazone groups is 1. The number of pyridine rings is 1. The molecule has 0 saturated carbocycles. The predicted octanol–water partition coefficient (Wildman–Crippen LogP) is 1.99. The Morgan fingerprint density at radius 3 is 2.28 bits per heavy atom. The van der Waals surface area contributed by atoms with Crippen LogP contribution in [0.25, 0.3) is 0 Å². The lowest BCUT2D eigenvalue weighted by molar-refractivity contribution is -0.108. The van der Waals surface area contributed by atoms with Gasteiger partial charge in [0.2, 0.25) is 0 Å². The average molecular weight is 683 g/mol. The third-order valence-corrected chi connectivity index (χ3v) is 7.34. The van der Waals surface area contributed by atoms with Crippen LogP contribution in [0.2, 0.25) is 0 Å². The average Bonchev–Trinajstić information content (AvgIpc) is 3.56. The lowest BCUT2D eigenvalue weighted by Gasteiger charge is -2.26. The number of carbonyl (C=O) groups excluding carboxylic acids is 2. The maximum absolute atomic E-state index is 11.5. The second-order valence-corrected chi connectivity index (χ2v) is 11.1. The van der Waals surface area contributed by atoms with Gasteiger partial charge in [0, 0.05) is 51.7 Å². The highest BCUT2D eigenvalue weighted by Crippen LogP contribution is 2.08. The normalized spacial score (nSPS) is 12.2. The zero-order valence-corrected chi connectivity index (χ0v) is 28.0. The fraction of sp³-hybridized carbons (Fsp3) is 0.278. The summed E-state index contributed by atoms with van der Waals surface area (Å²) in [6.07, 6.45) is 9.13. The number of aldehydes is 2. The highest BCUT2D eigenvalue weighted by molar-refractivity contribution is 6.31. The standard InChI is InChI=1S/C36H42N10O2.2H2O/c1-2-10-33(28-47)39-17-18-44(26-36-27-46(43-42-36)23-31-13-7-4-8-14-31)19-20-45(24-32-15-9-16-34(29-48)40-32)25-35(41-37)22-38-21-30-11-5-3-6-12-30;;/h2-9,11-17,22,27-29,33H,1,10,18-21,23-26,37H2;2*1H2. The second kappa shape index (κ2) is 22.9. The highest BCUT2D eigenvalue weighted by Gasteiger charge is 2.15. The maximum atomic E-state index is 11.5. The first-order valence-electron chi connectivity index (χ1n) is 15.8. The van der Waals surface area contributed by atoms with E-state index in [2.05, 4.69) is 58.9 Å². The molecule has 50 heavy (non-hydrogen) atoms. The van der Waals surface area contributed by atoms with Crippen LogP contribution in [-0.4, -0.2) is 104 Å². The largest absolute Gasteiger partial charge is 0.412 e. The first-order valence-corrected chi connectivity index (χ1v) is 15.8. The summed E-state index contributed by atoms with van der Waals surface area (Å²) in [5.74, 6) is 5.81. The molecular formula is C36H46N10O4. The lowest BCUT2D eigenvalue weighted by atomic mass is 10.2. The molecule has 1 unspecified atom stereocenters. The summed E-state index contributed by atoms with van der Waals surface area (Å²) in [5.41, 5.74) is 4.74. The van der Waals surface area contributed by atoms with Crippen molar-refractivity contribution in [3.63, 3.8) is 0 Å². The fourth-order valence-electron chi connectivity index (χ4n) is 4.90. The van der Waals surface area contributed by atoms with E-state index >= 15 is 0 Å². The van der Waals surface area contributed by atoms with E-state index in [0.29, 0.717) is 70.2 Å². The molecule has 0 bridgehead atoms. The van der Waals surface area contributed by atoms with Gasteiger partial charge >= 0.3 is 0 Å². The zero-order chi connectivity index (χ0) is 33.8. The van der Waals surface area contributed by atoms with E-state index in [1.54, 1.807) is 24.6 Å². The SMILES string of the molecule is C=CCC(C=O)N=CCN(CCN(CC(C=NCc1ccccc1)=NN)Cc1cccc(C=O)n1)Cc1cn(Cc2ccccc2)nn1.O.O. The number of carbonyl (C=O) groups is 2. The predicted molar refractivity (Wildman–Crippen MR) is 196 cm³/mol. The van der Waals surface area contributed by atoms with Gasteiger partial charge in [-0.25, -0.2) is 9.67 Å². The third kappa shape index (κ3) is 14.3. The molecule has 14 nitrogen and oxygen atoms in total. The number of nitrogens with zero attached hydrogens (tertiary/aromatic N) is 9. The quantitative estimate of drug-likeness (QED) is 0.0450. The lowest BCUT2D eigenvalue weighted by Crippen LogP contribution is -2.39. The Morgan fingerprint density at radius 1 is 0.900 bits per heavy atom. The molecule has 264 valence electrons. The van der Waals surface area contributed by atoms with Crippen molar-refractivity contribution in [2.24, 2.45) is 20.9 Å². The monoisotopic (exact) mass is 682 g/mol. The molecule has 0 spiro atoms. The van der Waals surface area contributed by atoms with E-state index in [0.717, 1.165) is 35.1 Å². The summed E-state index contributed by atoms with van der Waals surface area (Å²) in [7, 11) is 0. The van der Waals surface area contributed by atoms with Crippen molar-refractivity contribution in [1.82, 2.24) is 29.8 Å². The van der Waals surface area contributed by atoms with E-state index in [1.165, 1.54) is 0 Å². The molecule has 4 aromatic rings. The van der Waals surface area contributed by atoms with Crippen molar-refractivity contribution < 1.29 is 20.5 Å². The Balaban J connectivity index is 0.00000433. The Morgan fingerprint density at radius 2 is 1.60 bits per heavy atom. The number of rotatable bonds is 21. The van der Waals surface area contributed by atoms with Crippen molar-refractivity contribution in [3.05, 3.63) is 126 Å². The summed E-state index contributed by atoms with van der Waals surface area (Å²) in [4.78, 5) is 40.7. The van der Waals surface area contributed by atoms with Crippen LogP contribution in [0.1, 0.15) is 39.4 Å². The Hall–Kier alpha value is -5.54.